The number of carbonyl (C=O) groups is 1. The molecule has 3 nitrogen and oxygen atoms in total. The van der Waals surface area contributed by atoms with E-state index in [1.165, 1.54) is 45.7 Å². The molecule has 0 bridgehead atoms. The first kappa shape index (κ1) is 19.8. The molecule has 0 radical (unpaired) electrons. The number of amides is 1. The molecule has 1 saturated heterocycles. The summed E-state index contributed by atoms with van der Waals surface area (Å²) in [5, 5.41) is 10.6. The number of hydrogen-bond acceptors (Lipinski definition) is 5. The number of likely N-dealkylation sites (tertiary alicyclic amines) is 1. The first-order valence-electron chi connectivity index (χ1n) is 9.75. The molecule has 3 aromatic rings. The summed E-state index contributed by atoms with van der Waals surface area (Å²) >= 11 is 4.94. The fourth-order valence-corrected chi connectivity index (χ4v) is 6.30. The highest BCUT2D eigenvalue weighted by Crippen LogP contribution is 2.43. The third-order valence-electron chi connectivity index (χ3n) is 5.72. The minimum atomic E-state index is -0.00571. The Morgan fingerprint density at radius 3 is 2.64 bits per heavy atom. The average molecular weight is 431 g/mol. The lowest BCUT2D eigenvalue weighted by Gasteiger charge is -2.37. The zero-order valence-electron chi connectivity index (χ0n) is 16.5. The Labute approximate surface area is 179 Å². The summed E-state index contributed by atoms with van der Waals surface area (Å²) in [5.41, 5.74) is 3.92. The van der Waals surface area contributed by atoms with Crippen LogP contribution in [0, 0.1) is 19.8 Å². The molecule has 4 rings (SSSR count). The van der Waals surface area contributed by atoms with Gasteiger partial charge in [-0.2, -0.15) is 11.3 Å². The van der Waals surface area contributed by atoms with E-state index in [4.69, 9.17) is 0 Å². The van der Waals surface area contributed by atoms with Crippen LogP contribution in [0.5, 0.6) is 0 Å². The first-order chi connectivity index (χ1) is 13.5. The van der Waals surface area contributed by atoms with Crippen molar-refractivity contribution in [3.63, 3.8) is 0 Å². The largest absolute Gasteiger partial charge is 0.313 e. The van der Waals surface area contributed by atoms with Gasteiger partial charge in [-0.3, -0.25) is 9.69 Å². The monoisotopic (exact) mass is 430 g/mol. The molecule has 28 heavy (non-hydrogen) atoms. The lowest BCUT2D eigenvalue weighted by atomic mass is 9.92. The molecule has 3 aromatic heterocycles. The predicted octanol–water partition coefficient (Wildman–Crippen LogP) is 6.56. The van der Waals surface area contributed by atoms with Gasteiger partial charge in [0.25, 0.3) is 5.91 Å². The highest BCUT2D eigenvalue weighted by atomic mass is 32.1. The van der Waals surface area contributed by atoms with Crippen LogP contribution in [0.2, 0.25) is 0 Å². The maximum absolute atomic E-state index is 12.8. The van der Waals surface area contributed by atoms with E-state index in [0.29, 0.717) is 0 Å². The summed E-state index contributed by atoms with van der Waals surface area (Å²) in [6, 6.07) is 6.26. The highest BCUT2D eigenvalue weighted by Gasteiger charge is 2.31. The van der Waals surface area contributed by atoms with Crippen LogP contribution in [0.1, 0.15) is 57.0 Å². The maximum Gasteiger partial charge on any atom is 0.266 e. The van der Waals surface area contributed by atoms with Gasteiger partial charge in [-0.25, -0.2) is 0 Å². The molecule has 1 atom stereocenters. The molecule has 1 fully saturated rings. The zero-order chi connectivity index (χ0) is 19.7. The van der Waals surface area contributed by atoms with Crippen LogP contribution >= 0.6 is 34.0 Å². The van der Waals surface area contributed by atoms with E-state index >= 15 is 0 Å². The number of nitrogens with one attached hydrogen (secondary N) is 1. The third-order valence-corrected chi connectivity index (χ3v) is 8.43. The Morgan fingerprint density at radius 1 is 1.21 bits per heavy atom. The summed E-state index contributed by atoms with van der Waals surface area (Å²) < 4.78 is 0. The minimum absolute atomic E-state index is 0.00571. The average Bonchev–Trinajstić information content (AvgIpc) is 3.43. The van der Waals surface area contributed by atoms with Crippen molar-refractivity contribution < 1.29 is 4.79 Å². The topological polar surface area (TPSA) is 32.3 Å². The number of piperidine rings is 1. The maximum atomic E-state index is 12.8. The van der Waals surface area contributed by atoms with E-state index < -0.39 is 0 Å². The van der Waals surface area contributed by atoms with E-state index in [2.05, 4.69) is 47.8 Å². The molecular weight excluding hydrogens is 404 g/mol. The van der Waals surface area contributed by atoms with Crippen molar-refractivity contribution in [2.75, 3.05) is 18.4 Å². The Kier molecular flexibility index (Phi) is 6.01. The fraction of sp³-hybridized carbons (Fsp3) is 0.409. The van der Waals surface area contributed by atoms with E-state index in [-0.39, 0.29) is 11.9 Å². The second kappa shape index (κ2) is 8.49. The van der Waals surface area contributed by atoms with Crippen LogP contribution in [0.3, 0.4) is 0 Å². The zero-order valence-corrected chi connectivity index (χ0v) is 19.0. The molecule has 4 heterocycles. The number of hydrogen-bond donors (Lipinski definition) is 1. The second-order valence-electron chi connectivity index (χ2n) is 7.64. The van der Waals surface area contributed by atoms with Gasteiger partial charge in [0, 0.05) is 10.4 Å². The van der Waals surface area contributed by atoms with Crippen LogP contribution in [0.15, 0.2) is 34.3 Å². The summed E-state index contributed by atoms with van der Waals surface area (Å²) in [6.45, 7) is 8.92. The standard InChI is InChI=1S/C22H26N2OS3/c1-14-6-9-24(10-7-14)20(17-8-12-26-13-17)19-15(2)16(3)28-22(19)23-21(25)18-5-4-11-27-18/h4-5,8,11-14,20H,6-7,9-10H2,1-3H3,(H,23,25)/t20-/m1/s1. The highest BCUT2D eigenvalue weighted by molar-refractivity contribution is 7.17. The summed E-state index contributed by atoms with van der Waals surface area (Å²) in [7, 11) is 0. The molecule has 0 unspecified atom stereocenters. The normalized spacial score (nSPS) is 17.0. The van der Waals surface area contributed by atoms with Crippen molar-refractivity contribution >= 4 is 44.9 Å². The van der Waals surface area contributed by atoms with Crippen LogP contribution in [-0.4, -0.2) is 23.9 Å². The van der Waals surface area contributed by atoms with Crippen molar-refractivity contribution in [3.05, 3.63) is 60.8 Å². The van der Waals surface area contributed by atoms with E-state index in [1.807, 2.05) is 17.5 Å². The van der Waals surface area contributed by atoms with Crippen molar-refractivity contribution in [2.45, 2.75) is 39.7 Å². The molecular formula is C22H26N2OS3. The van der Waals surface area contributed by atoms with Crippen LogP contribution < -0.4 is 5.32 Å². The molecule has 1 amide bonds. The number of rotatable bonds is 5. The number of thiophene rings is 3. The number of carbonyl (C=O) groups excluding carboxylic acids is 1. The Hall–Kier alpha value is -1.47. The van der Waals surface area contributed by atoms with Gasteiger partial charge in [-0.05, 0) is 85.1 Å². The van der Waals surface area contributed by atoms with Gasteiger partial charge in [0.2, 0.25) is 0 Å². The van der Waals surface area contributed by atoms with E-state index in [0.717, 1.165) is 28.9 Å². The molecule has 0 aliphatic carbocycles. The Morgan fingerprint density at radius 2 is 2.00 bits per heavy atom. The van der Waals surface area contributed by atoms with Crippen LogP contribution in [0.4, 0.5) is 5.00 Å². The van der Waals surface area contributed by atoms with Crippen LogP contribution in [0.25, 0.3) is 0 Å². The Bertz CT molecular complexity index is 920. The fourth-order valence-electron chi connectivity index (χ4n) is 3.92. The summed E-state index contributed by atoms with van der Waals surface area (Å²) in [5.74, 6) is 0.788. The van der Waals surface area contributed by atoms with E-state index in [1.54, 1.807) is 22.7 Å². The van der Waals surface area contributed by atoms with Crippen LogP contribution in [-0.2, 0) is 0 Å². The Balaban J connectivity index is 1.72. The molecule has 6 heteroatoms. The van der Waals surface area contributed by atoms with Crippen molar-refractivity contribution in [1.82, 2.24) is 4.90 Å². The SMILES string of the molecule is Cc1sc(NC(=O)c2cccs2)c([C@@H](c2ccsc2)N2CCC(C)CC2)c1C. The number of anilines is 1. The molecule has 1 N–H and O–H groups in total. The predicted molar refractivity (Wildman–Crippen MR) is 122 cm³/mol. The molecule has 1 aliphatic rings. The van der Waals surface area contributed by atoms with Gasteiger partial charge in [-0.1, -0.05) is 13.0 Å². The molecule has 1 aliphatic heterocycles. The van der Waals surface area contributed by atoms with E-state index in [9.17, 15) is 4.79 Å². The second-order valence-corrected chi connectivity index (χ2v) is 10.6. The quantitative estimate of drug-likeness (QED) is 0.497. The van der Waals surface area contributed by atoms with Gasteiger partial charge in [-0.15, -0.1) is 22.7 Å². The van der Waals surface area contributed by atoms with Gasteiger partial charge >= 0.3 is 0 Å². The lowest BCUT2D eigenvalue weighted by molar-refractivity contribution is 0.103. The van der Waals surface area contributed by atoms with Gasteiger partial charge in [0.05, 0.1) is 10.9 Å². The first-order valence-corrected chi connectivity index (χ1v) is 12.4. The van der Waals surface area contributed by atoms with Gasteiger partial charge in [0.1, 0.15) is 5.00 Å². The third kappa shape index (κ3) is 3.96. The lowest BCUT2D eigenvalue weighted by Crippen LogP contribution is -2.37. The summed E-state index contributed by atoms with van der Waals surface area (Å²) in [4.78, 5) is 17.4. The van der Waals surface area contributed by atoms with Crippen molar-refractivity contribution in [2.24, 2.45) is 5.92 Å². The number of nitrogens with zero attached hydrogens (tertiary/aromatic N) is 1. The minimum Gasteiger partial charge on any atom is -0.313 e. The van der Waals surface area contributed by atoms with Gasteiger partial charge < -0.3 is 5.32 Å². The smallest absolute Gasteiger partial charge is 0.266 e. The molecule has 148 valence electrons. The van der Waals surface area contributed by atoms with Crippen molar-refractivity contribution in [3.8, 4) is 0 Å². The van der Waals surface area contributed by atoms with Crippen molar-refractivity contribution in [1.29, 1.82) is 0 Å². The van der Waals surface area contributed by atoms with Gasteiger partial charge in [0.15, 0.2) is 0 Å². The molecule has 0 aromatic carbocycles. The summed E-state index contributed by atoms with van der Waals surface area (Å²) in [6.07, 6.45) is 2.47. The number of aryl methyl sites for hydroxylation is 1. The molecule has 0 spiro atoms. The molecule has 0 saturated carbocycles.